The molecule has 0 spiro atoms. The van der Waals surface area contributed by atoms with E-state index in [0.29, 0.717) is 12.3 Å². The summed E-state index contributed by atoms with van der Waals surface area (Å²) in [7, 11) is 0. The molecule has 0 bridgehead atoms. The van der Waals surface area contributed by atoms with Gasteiger partial charge in [0.15, 0.2) is 0 Å². The summed E-state index contributed by atoms with van der Waals surface area (Å²) in [5.41, 5.74) is 0. The summed E-state index contributed by atoms with van der Waals surface area (Å²) in [4.78, 5) is 0. The molecule has 1 rings (SSSR count). The summed E-state index contributed by atoms with van der Waals surface area (Å²) >= 11 is 0. The summed E-state index contributed by atoms with van der Waals surface area (Å²) in [6.45, 7) is 2.36. The molecule has 0 aliphatic heterocycles. The fraction of sp³-hybridized carbons (Fsp3) is 1.00. The van der Waals surface area contributed by atoms with Gasteiger partial charge in [0.2, 0.25) is 0 Å². The van der Waals surface area contributed by atoms with Crippen molar-refractivity contribution in [1.29, 1.82) is 0 Å². The first-order valence-corrected chi connectivity index (χ1v) is 6.06. The highest BCUT2D eigenvalue weighted by atomic mass is 16.3. The average Bonchev–Trinajstić information content (AvgIpc) is 2.20. The maximum atomic E-state index is 9.73. The summed E-state index contributed by atoms with van der Waals surface area (Å²) in [6.07, 6.45) is 7.81. The molecule has 0 aromatic rings. The maximum absolute atomic E-state index is 9.73. The monoisotopic (exact) mass is 200 g/mol. The highest BCUT2D eigenvalue weighted by Crippen LogP contribution is 2.33. The smallest absolute Gasteiger partial charge is 0.0590 e. The van der Waals surface area contributed by atoms with Crippen molar-refractivity contribution in [3.8, 4) is 0 Å². The van der Waals surface area contributed by atoms with Crippen LogP contribution in [0.2, 0.25) is 0 Å². The normalized spacial score (nSPS) is 30.2. The second-order valence-electron chi connectivity index (χ2n) is 4.65. The van der Waals surface area contributed by atoms with Crippen molar-refractivity contribution in [2.75, 3.05) is 6.61 Å². The van der Waals surface area contributed by atoms with Gasteiger partial charge in [0, 0.05) is 6.61 Å². The van der Waals surface area contributed by atoms with Crippen molar-refractivity contribution in [2.45, 2.75) is 58.0 Å². The number of hydrogen-bond acceptors (Lipinski definition) is 2. The summed E-state index contributed by atoms with van der Waals surface area (Å²) < 4.78 is 0. The topological polar surface area (TPSA) is 40.5 Å². The van der Waals surface area contributed by atoms with Gasteiger partial charge in [-0.25, -0.2) is 0 Å². The number of hydrogen-bond donors (Lipinski definition) is 2. The van der Waals surface area contributed by atoms with E-state index in [2.05, 4.69) is 6.92 Å². The van der Waals surface area contributed by atoms with E-state index in [0.717, 1.165) is 18.8 Å². The molecule has 0 heterocycles. The standard InChI is InChI=1S/C12H24O2/c1-2-3-10-4-6-11(7-5-10)12(14)8-9-13/h10-14H,2-9H2,1H3. The zero-order chi connectivity index (χ0) is 10.4. The molecule has 1 aliphatic rings. The van der Waals surface area contributed by atoms with Crippen LogP contribution in [0, 0.1) is 11.8 Å². The van der Waals surface area contributed by atoms with Crippen LogP contribution < -0.4 is 0 Å². The molecule has 2 N–H and O–H groups in total. The lowest BCUT2D eigenvalue weighted by atomic mass is 9.77. The van der Waals surface area contributed by atoms with Gasteiger partial charge in [0.05, 0.1) is 6.10 Å². The minimum Gasteiger partial charge on any atom is -0.396 e. The Kier molecular flexibility index (Phi) is 5.49. The SMILES string of the molecule is CCCC1CCC(C(O)CCO)CC1. The predicted molar refractivity (Wildman–Crippen MR) is 58.1 cm³/mol. The zero-order valence-corrected chi connectivity index (χ0v) is 9.28. The molecule has 2 heteroatoms. The summed E-state index contributed by atoms with van der Waals surface area (Å²) in [5.74, 6) is 1.35. The van der Waals surface area contributed by atoms with Gasteiger partial charge in [0.25, 0.3) is 0 Å². The lowest BCUT2D eigenvalue weighted by molar-refractivity contribution is 0.0514. The first-order chi connectivity index (χ1) is 6.77. The fourth-order valence-corrected chi connectivity index (χ4v) is 2.64. The first kappa shape index (κ1) is 12.0. The van der Waals surface area contributed by atoms with Crippen molar-refractivity contribution in [2.24, 2.45) is 11.8 Å². The third-order valence-electron chi connectivity index (χ3n) is 3.56. The molecule has 1 saturated carbocycles. The van der Waals surface area contributed by atoms with E-state index in [4.69, 9.17) is 5.11 Å². The molecular weight excluding hydrogens is 176 g/mol. The van der Waals surface area contributed by atoms with Crippen LogP contribution >= 0.6 is 0 Å². The Hall–Kier alpha value is -0.0800. The number of rotatable bonds is 5. The van der Waals surface area contributed by atoms with Crippen molar-refractivity contribution in [1.82, 2.24) is 0 Å². The van der Waals surface area contributed by atoms with E-state index in [1.165, 1.54) is 25.7 Å². The molecule has 14 heavy (non-hydrogen) atoms. The van der Waals surface area contributed by atoms with Crippen LogP contribution in [-0.4, -0.2) is 22.9 Å². The van der Waals surface area contributed by atoms with Gasteiger partial charge < -0.3 is 10.2 Å². The lowest BCUT2D eigenvalue weighted by Crippen LogP contribution is -2.26. The molecule has 0 saturated heterocycles. The van der Waals surface area contributed by atoms with Gasteiger partial charge in [0.1, 0.15) is 0 Å². The van der Waals surface area contributed by atoms with Crippen molar-refractivity contribution >= 4 is 0 Å². The Bertz CT molecular complexity index is 139. The summed E-state index contributed by atoms with van der Waals surface area (Å²) in [6, 6.07) is 0. The minimum atomic E-state index is -0.262. The fourth-order valence-electron chi connectivity index (χ4n) is 2.64. The Morgan fingerprint density at radius 3 is 2.36 bits per heavy atom. The van der Waals surface area contributed by atoms with Crippen molar-refractivity contribution in [3.63, 3.8) is 0 Å². The average molecular weight is 200 g/mol. The van der Waals surface area contributed by atoms with Gasteiger partial charge in [-0.2, -0.15) is 0 Å². The lowest BCUT2D eigenvalue weighted by Gasteiger charge is -2.31. The molecule has 1 atom stereocenters. The number of aliphatic hydroxyl groups is 2. The summed E-state index contributed by atoms with van der Waals surface area (Å²) in [5, 5.41) is 18.5. The Morgan fingerprint density at radius 2 is 1.86 bits per heavy atom. The maximum Gasteiger partial charge on any atom is 0.0590 e. The van der Waals surface area contributed by atoms with E-state index < -0.39 is 0 Å². The molecule has 1 unspecified atom stereocenters. The Labute approximate surface area is 87.3 Å². The molecule has 84 valence electrons. The zero-order valence-electron chi connectivity index (χ0n) is 9.28. The largest absolute Gasteiger partial charge is 0.396 e. The van der Waals surface area contributed by atoms with Crippen LogP contribution in [0.3, 0.4) is 0 Å². The molecule has 0 aromatic carbocycles. The van der Waals surface area contributed by atoms with Crippen LogP contribution in [0.1, 0.15) is 51.9 Å². The molecule has 2 nitrogen and oxygen atoms in total. The van der Waals surface area contributed by atoms with Crippen molar-refractivity contribution in [3.05, 3.63) is 0 Å². The van der Waals surface area contributed by atoms with Crippen LogP contribution in [-0.2, 0) is 0 Å². The molecule has 0 amide bonds. The Balaban J connectivity index is 2.21. The molecule has 0 radical (unpaired) electrons. The highest BCUT2D eigenvalue weighted by molar-refractivity contribution is 4.77. The third kappa shape index (κ3) is 3.58. The molecule has 1 fully saturated rings. The third-order valence-corrected chi connectivity index (χ3v) is 3.56. The predicted octanol–water partition coefficient (Wildman–Crippen LogP) is 2.34. The van der Waals surface area contributed by atoms with Crippen molar-refractivity contribution < 1.29 is 10.2 Å². The molecular formula is C12H24O2. The second kappa shape index (κ2) is 6.41. The second-order valence-corrected chi connectivity index (χ2v) is 4.65. The van der Waals surface area contributed by atoms with E-state index in [1.807, 2.05) is 0 Å². The highest BCUT2D eigenvalue weighted by Gasteiger charge is 2.25. The van der Waals surface area contributed by atoms with Crippen LogP contribution in [0.15, 0.2) is 0 Å². The van der Waals surface area contributed by atoms with Gasteiger partial charge in [-0.1, -0.05) is 32.6 Å². The van der Waals surface area contributed by atoms with Crippen LogP contribution in [0.4, 0.5) is 0 Å². The van der Waals surface area contributed by atoms with E-state index in [-0.39, 0.29) is 12.7 Å². The van der Waals surface area contributed by atoms with Gasteiger partial charge >= 0.3 is 0 Å². The molecule has 0 aromatic heterocycles. The van der Waals surface area contributed by atoms with E-state index in [9.17, 15) is 5.11 Å². The first-order valence-electron chi connectivity index (χ1n) is 6.06. The number of aliphatic hydroxyl groups excluding tert-OH is 2. The Morgan fingerprint density at radius 1 is 1.21 bits per heavy atom. The van der Waals surface area contributed by atoms with E-state index >= 15 is 0 Å². The van der Waals surface area contributed by atoms with Gasteiger partial charge in [-0.15, -0.1) is 0 Å². The van der Waals surface area contributed by atoms with Crippen LogP contribution in [0.5, 0.6) is 0 Å². The van der Waals surface area contributed by atoms with E-state index in [1.54, 1.807) is 0 Å². The molecule has 1 aliphatic carbocycles. The van der Waals surface area contributed by atoms with Gasteiger partial charge in [-0.3, -0.25) is 0 Å². The minimum absolute atomic E-state index is 0.121. The quantitative estimate of drug-likeness (QED) is 0.715. The van der Waals surface area contributed by atoms with Gasteiger partial charge in [-0.05, 0) is 31.1 Å². The van der Waals surface area contributed by atoms with Crippen LogP contribution in [0.25, 0.3) is 0 Å².